The number of sulfonamides is 1. The number of rotatable bonds is 7. The fraction of sp³-hybridized carbons (Fsp3) is 0.368. The van der Waals surface area contributed by atoms with Gasteiger partial charge in [-0.05, 0) is 71.7 Å². The summed E-state index contributed by atoms with van der Waals surface area (Å²) in [6, 6.07) is 14.7. The molecule has 0 radical (unpaired) electrons. The van der Waals surface area contributed by atoms with E-state index in [9.17, 15) is 8.42 Å². The largest absolute Gasteiger partial charge is 0.497 e. The van der Waals surface area contributed by atoms with Crippen molar-refractivity contribution in [1.29, 1.82) is 0 Å². The van der Waals surface area contributed by atoms with Gasteiger partial charge in [0, 0.05) is 17.1 Å². The molecule has 0 unspecified atom stereocenters. The second kappa shape index (κ2) is 8.52. The topological polar surface area (TPSA) is 58.6 Å². The van der Waals surface area contributed by atoms with Crippen molar-refractivity contribution < 1.29 is 13.2 Å². The molecule has 140 valence electrons. The molecule has 26 heavy (non-hydrogen) atoms. The van der Waals surface area contributed by atoms with Crippen LogP contribution < -0.4 is 9.46 Å². The lowest BCUT2D eigenvalue weighted by atomic mass is 10.1. The Morgan fingerprint density at radius 1 is 1.12 bits per heavy atom. The number of likely N-dealkylation sites (tertiary alicyclic amines) is 1. The number of halogens is 1. The number of ether oxygens (including phenoxy) is 1. The molecule has 0 amide bonds. The van der Waals surface area contributed by atoms with Gasteiger partial charge in [-0.15, -0.1) is 0 Å². The van der Waals surface area contributed by atoms with E-state index in [2.05, 4.69) is 25.6 Å². The fourth-order valence-corrected chi connectivity index (χ4v) is 5.31. The lowest BCUT2D eigenvalue weighted by molar-refractivity contribution is 0.246. The second-order valence-electron chi connectivity index (χ2n) is 6.31. The van der Waals surface area contributed by atoms with Gasteiger partial charge in [-0.25, -0.2) is 13.1 Å². The van der Waals surface area contributed by atoms with E-state index in [1.165, 1.54) is 0 Å². The molecule has 1 saturated heterocycles. The molecule has 0 aliphatic carbocycles. The highest BCUT2D eigenvalue weighted by Gasteiger charge is 2.26. The quantitative estimate of drug-likeness (QED) is 0.717. The number of benzene rings is 2. The Bertz CT molecular complexity index is 834. The van der Waals surface area contributed by atoms with Crippen molar-refractivity contribution in [3.63, 3.8) is 0 Å². The zero-order chi connectivity index (χ0) is 18.6. The molecule has 1 aliphatic heterocycles. The lowest BCUT2D eigenvalue weighted by Crippen LogP contribution is -2.36. The maximum atomic E-state index is 12.7. The Morgan fingerprint density at radius 2 is 1.77 bits per heavy atom. The molecule has 0 saturated carbocycles. The van der Waals surface area contributed by atoms with E-state index in [-0.39, 0.29) is 10.9 Å². The molecular weight excluding hydrogens is 416 g/mol. The van der Waals surface area contributed by atoms with Gasteiger partial charge < -0.3 is 4.74 Å². The van der Waals surface area contributed by atoms with Crippen LogP contribution in [0, 0.1) is 0 Å². The monoisotopic (exact) mass is 438 g/mol. The third-order valence-corrected chi connectivity index (χ3v) is 7.11. The maximum absolute atomic E-state index is 12.7. The smallest absolute Gasteiger partial charge is 0.241 e. The average molecular weight is 439 g/mol. The summed E-state index contributed by atoms with van der Waals surface area (Å²) in [5.41, 5.74) is 1.09. The molecule has 5 nitrogen and oxygen atoms in total. The van der Waals surface area contributed by atoms with Crippen LogP contribution in [-0.4, -0.2) is 40.1 Å². The summed E-state index contributed by atoms with van der Waals surface area (Å²) in [6.45, 7) is 2.29. The standard InChI is InChI=1S/C19H23BrN2O3S/c1-25-16-10-8-15(9-11-16)18(22-12-4-5-13-22)14-21-26(23,24)19-7-3-2-6-17(19)20/h2-3,6-11,18,21H,4-5,12-14H2,1H3/t18-/m1/s1. The minimum atomic E-state index is -3.58. The summed E-state index contributed by atoms with van der Waals surface area (Å²) >= 11 is 3.32. The summed E-state index contributed by atoms with van der Waals surface area (Å²) < 4.78 is 34.0. The van der Waals surface area contributed by atoms with Crippen molar-refractivity contribution in [2.24, 2.45) is 0 Å². The van der Waals surface area contributed by atoms with Crippen LogP contribution in [0.1, 0.15) is 24.4 Å². The molecule has 0 spiro atoms. The zero-order valence-corrected chi connectivity index (χ0v) is 17.1. The van der Waals surface area contributed by atoms with Crippen molar-refractivity contribution in [1.82, 2.24) is 9.62 Å². The van der Waals surface area contributed by atoms with Crippen LogP contribution in [0.25, 0.3) is 0 Å². The van der Waals surface area contributed by atoms with Crippen molar-refractivity contribution in [2.75, 3.05) is 26.7 Å². The molecule has 7 heteroatoms. The van der Waals surface area contributed by atoms with Crippen LogP contribution in [0.5, 0.6) is 5.75 Å². The molecule has 0 aromatic heterocycles. The van der Waals surface area contributed by atoms with Crippen LogP contribution >= 0.6 is 15.9 Å². The van der Waals surface area contributed by atoms with Gasteiger partial charge in [0.2, 0.25) is 10.0 Å². The molecule has 0 bridgehead atoms. The first kappa shape index (κ1) is 19.4. The van der Waals surface area contributed by atoms with E-state index in [0.29, 0.717) is 11.0 Å². The number of nitrogens with zero attached hydrogens (tertiary/aromatic N) is 1. The van der Waals surface area contributed by atoms with E-state index in [0.717, 1.165) is 37.2 Å². The molecular formula is C19H23BrN2O3S. The summed E-state index contributed by atoms with van der Waals surface area (Å²) in [5, 5.41) is 0. The Kier molecular flexibility index (Phi) is 6.34. The van der Waals surface area contributed by atoms with Crippen LogP contribution in [0.15, 0.2) is 57.9 Å². The molecule has 2 aromatic carbocycles. The number of hydrogen-bond acceptors (Lipinski definition) is 4. The van der Waals surface area contributed by atoms with Gasteiger partial charge in [0.1, 0.15) is 5.75 Å². The highest BCUT2D eigenvalue weighted by molar-refractivity contribution is 9.10. The van der Waals surface area contributed by atoms with Crippen molar-refractivity contribution in [2.45, 2.75) is 23.8 Å². The van der Waals surface area contributed by atoms with Gasteiger partial charge in [-0.1, -0.05) is 24.3 Å². The Labute approximate surface area is 163 Å². The van der Waals surface area contributed by atoms with Crippen molar-refractivity contribution in [3.05, 3.63) is 58.6 Å². The molecule has 1 fully saturated rings. The SMILES string of the molecule is COc1ccc([C@@H](CNS(=O)(=O)c2ccccc2Br)N2CCCC2)cc1. The fourth-order valence-electron chi connectivity index (χ4n) is 3.27. The van der Waals surface area contributed by atoms with Gasteiger partial charge in [0.05, 0.1) is 12.0 Å². The summed E-state index contributed by atoms with van der Waals surface area (Å²) in [7, 11) is -1.95. The summed E-state index contributed by atoms with van der Waals surface area (Å²) in [5.74, 6) is 0.794. The average Bonchev–Trinajstić information content (AvgIpc) is 3.17. The van der Waals surface area contributed by atoms with Crippen LogP contribution in [-0.2, 0) is 10.0 Å². The molecule has 1 heterocycles. The first-order chi connectivity index (χ1) is 12.5. The predicted molar refractivity (Wildman–Crippen MR) is 106 cm³/mol. The Hall–Kier alpha value is -1.41. The van der Waals surface area contributed by atoms with Gasteiger partial charge >= 0.3 is 0 Å². The first-order valence-electron chi connectivity index (χ1n) is 8.63. The highest BCUT2D eigenvalue weighted by Crippen LogP contribution is 2.27. The normalized spacial score (nSPS) is 16.5. The second-order valence-corrected chi connectivity index (χ2v) is 8.90. The molecule has 3 rings (SSSR count). The van der Waals surface area contributed by atoms with Gasteiger partial charge in [0.15, 0.2) is 0 Å². The summed E-state index contributed by atoms with van der Waals surface area (Å²) in [4.78, 5) is 2.60. The van der Waals surface area contributed by atoms with Crippen LogP contribution in [0.2, 0.25) is 0 Å². The Morgan fingerprint density at radius 3 is 2.38 bits per heavy atom. The predicted octanol–water partition coefficient (Wildman–Crippen LogP) is 3.57. The van der Waals surface area contributed by atoms with E-state index in [1.807, 2.05) is 24.3 Å². The number of hydrogen-bond donors (Lipinski definition) is 1. The van der Waals surface area contributed by atoms with E-state index < -0.39 is 10.0 Å². The van der Waals surface area contributed by atoms with E-state index in [1.54, 1.807) is 31.4 Å². The van der Waals surface area contributed by atoms with Crippen molar-refractivity contribution in [3.8, 4) is 5.75 Å². The molecule has 2 aromatic rings. The highest BCUT2D eigenvalue weighted by atomic mass is 79.9. The maximum Gasteiger partial charge on any atom is 0.241 e. The Balaban J connectivity index is 1.80. The van der Waals surface area contributed by atoms with E-state index >= 15 is 0 Å². The summed E-state index contributed by atoms with van der Waals surface area (Å²) in [6.07, 6.45) is 2.28. The lowest BCUT2D eigenvalue weighted by Gasteiger charge is -2.28. The van der Waals surface area contributed by atoms with Gasteiger partial charge in [-0.3, -0.25) is 4.90 Å². The molecule has 1 aliphatic rings. The van der Waals surface area contributed by atoms with Crippen LogP contribution in [0.3, 0.4) is 0 Å². The number of methoxy groups -OCH3 is 1. The number of nitrogens with one attached hydrogen (secondary N) is 1. The van der Waals surface area contributed by atoms with Gasteiger partial charge in [-0.2, -0.15) is 0 Å². The van der Waals surface area contributed by atoms with Gasteiger partial charge in [0.25, 0.3) is 0 Å². The van der Waals surface area contributed by atoms with Crippen LogP contribution in [0.4, 0.5) is 0 Å². The third-order valence-electron chi connectivity index (χ3n) is 4.67. The zero-order valence-electron chi connectivity index (χ0n) is 14.7. The van der Waals surface area contributed by atoms with Crippen molar-refractivity contribution >= 4 is 26.0 Å². The first-order valence-corrected chi connectivity index (χ1v) is 10.9. The third kappa shape index (κ3) is 4.46. The molecule has 1 N–H and O–H groups in total. The van der Waals surface area contributed by atoms with E-state index in [4.69, 9.17) is 4.74 Å². The molecule has 1 atom stereocenters. The minimum absolute atomic E-state index is 0.000619. The minimum Gasteiger partial charge on any atom is -0.497 e.